The van der Waals surface area contributed by atoms with Gasteiger partial charge < -0.3 is 11.1 Å². The number of primary amides is 1. The van der Waals surface area contributed by atoms with E-state index in [1.54, 1.807) is 0 Å². The van der Waals surface area contributed by atoms with E-state index in [1.807, 2.05) is 0 Å². The van der Waals surface area contributed by atoms with Crippen LogP contribution in [0.5, 0.6) is 0 Å². The fraction of sp³-hybridized carbons (Fsp3) is 0.917. The minimum Gasteiger partial charge on any atom is -0.370 e. The van der Waals surface area contributed by atoms with E-state index in [0.717, 1.165) is 13.0 Å². The quantitative estimate of drug-likeness (QED) is 0.548. The smallest absolute Gasteiger partial charge is 0.217 e. The molecule has 0 aliphatic rings. The summed E-state index contributed by atoms with van der Waals surface area (Å²) in [5.41, 5.74) is 5.06. The molecular weight excluding hydrogens is 188 g/mol. The van der Waals surface area contributed by atoms with Crippen LogP contribution in [0.25, 0.3) is 0 Å². The second kappa shape index (κ2) is 9.97. The number of hydrogen-bond donors (Lipinski definition) is 2. The van der Waals surface area contributed by atoms with Crippen molar-refractivity contribution in [3.05, 3.63) is 0 Å². The maximum atomic E-state index is 10.5. The average Bonchev–Trinajstić information content (AvgIpc) is 2.19. The lowest BCUT2D eigenvalue weighted by molar-refractivity contribution is -0.118. The highest BCUT2D eigenvalue weighted by atomic mass is 16.1. The van der Waals surface area contributed by atoms with Crippen molar-refractivity contribution in [1.82, 2.24) is 5.32 Å². The lowest BCUT2D eigenvalue weighted by Crippen LogP contribution is -2.27. The van der Waals surface area contributed by atoms with Gasteiger partial charge in [0, 0.05) is 12.5 Å². The van der Waals surface area contributed by atoms with Crippen LogP contribution in [0.2, 0.25) is 0 Å². The summed E-state index contributed by atoms with van der Waals surface area (Å²) in [5.74, 6) is -0.201. The third-order valence-electron chi connectivity index (χ3n) is 2.58. The molecule has 0 fully saturated rings. The summed E-state index contributed by atoms with van der Waals surface area (Å²) in [7, 11) is 0. The zero-order valence-electron chi connectivity index (χ0n) is 10.2. The van der Waals surface area contributed by atoms with Gasteiger partial charge in [-0.2, -0.15) is 0 Å². The van der Waals surface area contributed by atoms with Crippen molar-refractivity contribution in [2.75, 3.05) is 6.54 Å². The van der Waals surface area contributed by atoms with Gasteiger partial charge >= 0.3 is 0 Å². The van der Waals surface area contributed by atoms with E-state index in [-0.39, 0.29) is 5.91 Å². The van der Waals surface area contributed by atoms with Crippen LogP contribution in [-0.2, 0) is 4.79 Å². The summed E-state index contributed by atoms with van der Waals surface area (Å²) in [6.07, 6.45) is 7.86. The molecule has 1 unspecified atom stereocenters. The summed E-state index contributed by atoms with van der Waals surface area (Å²) in [6, 6.07) is 0.565. The first-order chi connectivity index (χ1) is 7.16. The van der Waals surface area contributed by atoms with Gasteiger partial charge in [0.2, 0.25) is 5.91 Å². The standard InChI is InChI=1S/C12H26N2O/c1-3-4-5-6-8-11(2)14-10-7-9-12(13)15/h11,14H,3-10H2,1-2H3,(H2,13,15). The summed E-state index contributed by atoms with van der Waals surface area (Å²) in [4.78, 5) is 10.5. The highest BCUT2D eigenvalue weighted by Gasteiger charge is 2.01. The SMILES string of the molecule is CCCCCCC(C)NCCCC(N)=O. The van der Waals surface area contributed by atoms with Gasteiger partial charge in [0.1, 0.15) is 0 Å². The van der Waals surface area contributed by atoms with Gasteiger partial charge in [-0.25, -0.2) is 0 Å². The van der Waals surface area contributed by atoms with Crippen molar-refractivity contribution < 1.29 is 4.79 Å². The predicted octanol–water partition coefficient (Wildman–Crippen LogP) is 2.20. The Morgan fingerprint density at radius 3 is 2.60 bits per heavy atom. The molecule has 0 spiro atoms. The molecule has 3 N–H and O–H groups in total. The molecule has 0 rings (SSSR count). The molecule has 0 radical (unpaired) electrons. The van der Waals surface area contributed by atoms with Crippen LogP contribution in [0.3, 0.4) is 0 Å². The van der Waals surface area contributed by atoms with E-state index in [1.165, 1.54) is 32.1 Å². The van der Waals surface area contributed by atoms with Gasteiger partial charge in [0.25, 0.3) is 0 Å². The van der Waals surface area contributed by atoms with Crippen molar-refractivity contribution in [2.45, 2.75) is 64.8 Å². The zero-order valence-corrected chi connectivity index (χ0v) is 10.2. The molecule has 1 amide bonds. The number of unbranched alkanes of at least 4 members (excludes halogenated alkanes) is 3. The Morgan fingerprint density at radius 1 is 1.27 bits per heavy atom. The Bertz CT molecular complexity index is 160. The average molecular weight is 214 g/mol. The minimum absolute atomic E-state index is 0.201. The normalized spacial score (nSPS) is 12.7. The number of hydrogen-bond acceptors (Lipinski definition) is 2. The van der Waals surface area contributed by atoms with E-state index in [9.17, 15) is 4.79 Å². The first-order valence-electron chi connectivity index (χ1n) is 6.18. The number of rotatable bonds is 10. The highest BCUT2D eigenvalue weighted by molar-refractivity contribution is 5.73. The third-order valence-corrected chi connectivity index (χ3v) is 2.58. The van der Waals surface area contributed by atoms with Crippen LogP contribution in [-0.4, -0.2) is 18.5 Å². The zero-order chi connectivity index (χ0) is 11.5. The third kappa shape index (κ3) is 11.4. The van der Waals surface area contributed by atoms with E-state index < -0.39 is 0 Å². The van der Waals surface area contributed by atoms with Crippen molar-refractivity contribution >= 4 is 5.91 Å². The summed E-state index contributed by atoms with van der Waals surface area (Å²) in [5, 5.41) is 3.41. The van der Waals surface area contributed by atoms with Crippen LogP contribution in [0.4, 0.5) is 0 Å². The Labute approximate surface area is 93.8 Å². The molecule has 1 atom stereocenters. The molecule has 0 aromatic carbocycles. The van der Waals surface area contributed by atoms with Gasteiger partial charge in [-0.3, -0.25) is 4.79 Å². The van der Waals surface area contributed by atoms with Gasteiger partial charge in [0.05, 0.1) is 0 Å². The molecule has 0 bridgehead atoms. The Balaban J connectivity index is 3.18. The number of nitrogens with two attached hydrogens (primary N) is 1. The van der Waals surface area contributed by atoms with Gasteiger partial charge in [0.15, 0.2) is 0 Å². The lowest BCUT2D eigenvalue weighted by Gasteiger charge is -2.12. The lowest BCUT2D eigenvalue weighted by atomic mass is 10.1. The van der Waals surface area contributed by atoms with Crippen molar-refractivity contribution in [3.63, 3.8) is 0 Å². The van der Waals surface area contributed by atoms with Gasteiger partial charge in [-0.15, -0.1) is 0 Å². The predicted molar refractivity (Wildman–Crippen MR) is 64.7 cm³/mol. The second-order valence-corrected chi connectivity index (χ2v) is 4.27. The first-order valence-corrected chi connectivity index (χ1v) is 6.18. The van der Waals surface area contributed by atoms with Crippen molar-refractivity contribution in [2.24, 2.45) is 5.73 Å². The molecule has 0 saturated heterocycles. The topological polar surface area (TPSA) is 55.1 Å². The fourth-order valence-electron chi connectivity index (χ4n) is 1.59. The molecule has 0 saturated carbocycles. The van der Waals surface area contributed by atoms with Gasteiger partial charge in [-0.05, 0) is 26.3 Å². The molecule has 15 heavy (non-hydrogen) atoms. The van der Waals surface area contributed by atoms with E-state index in [0.29, 0.717) is 12.5 Å². The van der Waals surface area contributed by atoms with E-state index in [4.69, 9.17) is 5.73 Å². The number of nitrogens with one attached hydrogen (secondary N) is 1. The van der Waals surface area contributed by atoms with Crippen LogP contribution in [0.15, 0.2) is 0 Å². The van der Waals surface area contributed by atoms with E-state index >= 15 is 0 Å². The molecule has 0 aliphatic carbocycles. The maximum Gasteiger partial charge on any atom is 0.217 e. The van der Waals surface area contributed by atoms with Crippen LogP contribution < -0.4 is 11.1 Å². The number of carbonyl (C=O) groups is 1. The Kier molecular flexibility index (Phi) is 9.59. The fourth-order valence-corrected chi connectivity index (χ4v) is 1.59. The first kappa shape index (κ1) is 14.4. The molecule has 0 heterocycles. The van der Waals surface area contributed by atoms with Crippen LogP contribution in [0.1, 0.15) is 58.8 Å². The summed E-state index contributed by atoms with van der Waals surface area (Å²) in [6.45, 7) is 5.33. The van der Waals surface area contributed by atoms with Crippen LogP contribution in [0, 0.1) is 0 Å². The molecule has 90 valence electrons. The van der Waals surface area contributed by atoms with Gasteiger partial charge in [-0.1, -0.05) is 32.6 Å². The maximum absolute atomic E-state index is 10.5. The minimum atomic E-state index is -0.201. The van der Waals surface area contributed by atoms with Crippen LogP contribution >= 0.6 is 0 Å². The summed E-state index contributed by atoms with van der Waals surface area (Å²) >= 11 is 0. The van der Waals surface area contributed by atoms with Crippen molar-refractivity contribution in [1.29, 1.82) is 0 Å². The number of amides is 1. The second-order valence-electron chi connectivity index (χ2n) is 4.27. The van der Waals surface area contributed by atoms with E-state index in [2.05, 4.69) is 19.2 Å². The summed E-state index contributed by atoms with van der Waals surface area (Å²) < 4.78 is 0. The molecule has 3 heteroatoms. The molecular formula is C12H26N2O. The van der Waals surface area contributed by atoms with Crippen molar-refractivity contribution in [3.8, 4) is 0 Å². The largest absolute Gasteiger partial charge is 0.370 e. The Hall–Kier alpha value is -0.570. The monoisotopic (exact) mass is 214 g/mol. The molecule has 0 aromatic heterocycles. The Morgan fingerprint density at radius 2 is 2.00 bits per heavy atom. The highest BCUT2D eigenvalue weighted by Crippen LogP contribution is 2.05. The number of carbonyl (C=O) groups excluding carboxylic acids is 1. The molecule has 3 nitrogen and oxygen atoms in total. The molecule has 0 aliphatic heterocycles. The molecule has 0 aromatic rings.